The van der Waals surface area contributed by atoms with Crippen molar-refractivity contribution in [1.29, 1.82) is 0 Å². The minimum atomic E-state index is -0.426. The Morgan fingerprint density at radius 3 is 2.75 bits per heavy atom. The van der Waals surface area contributed by atoms with Crippen LogP contribution in [0.3, 0.4) is 0 Å². The van der Waals surface area contributed by atoms with Crippen molar-refractivity contribution < 1.29 is 9.72 Å². The van der Waals surface area contributed by atoms with Gasteiger partial charge in [0, 0.05) is 38.7 Å². The molecule has 0 saturated heterocycles. The fraction of sp³-hybridized carbons (Fsp3) is 0.462. The van der Waals surface area contributed by atoms with Gasteiger partial charge in [0.25, 0.3) is 5.69 Å². The lowest BCUT2D eigenvalue weighted by Gasteiger charge is -2.16. The largest absolute Gasteiger partial charge is 0.344 e. The number of nitrogens with zero attached hydrogens (tertiary/aromatic N) is 2. The van der Waals surface area contributed by atoms with Gasteiger partial charge >= 0.3 is 0 Å². The highest BCUT2D eigenvalue weighted by Gasteiger charge is 2.10. The van der Waals surface area contributed by atoms with Gasteiger partial charge in [-0.15, -0.1) is 12.4 Å². The first-order chi connectivity index (χ1) is 9.04. The van der Waals surface area contributed by atoms with Gasteiger partial charge in [-0.3, -0.25) is 14.9 Å². The van der Waals surface area contributed by atoms with Crippen LogP contribution in [0.25, 0.3) is 0 Å². The molecule has 0 saturated carbocycles. The summed E-state index contributed by atoms with van der Waals surface area (Å²) in [4.78, 5) is 23.7. The van der Waals surface area contributed by atoms with Gasteiger partial charge in [0.05, 0.1) is 4.92 Å². The summed E-state index contributed by atoms with van der Waals surface area (Å²) >= 11 is 0. The van der Waals surface area contributed by atoms with Crippen molar-refractivity contribution in [1.82, 2.24) is 10.2 Å². The van der Waals surface area contributed by atoms with Crippen LogP contribution in [0.1, 0.15) is 12.0 Å². The van der Waals surface area contributed by atoms with E-state index in [9.17, 15) is 14.9 Å². The maximum Gasteiger partial charge on any atom is 0.269 e. The average Bonchev–Trinajstić information content (AvgIpc) is 2.42. The number of amides is 1. The predicted octanol–water partition coefficient (Wildman–Crippen LogP) is 1.63. The topological polar surface area (TPSA) is 75.5 Å². The Labute approximate surface area is 124 Å². The van der Waals surface area contributed by atoms with Gasteiger partial charge in [0.1, 0.15) is 0 Å². The van der Waals surface area contributed by atoms with Crippen molar-refractivity contribution in [3.63, 3.8) is 0 Å². The van der Waals surface area contributed by atoms with Crippen LogP contribution in [-0.2, 0) is 11.2 Å². The molecule has 0 bridgehead atoms. The molecule has 1 N–H and O–H groups in total. The smallest absolute Gasteiger partial charge is 0.269 e. The lowest BCUT2D eigenvalue weighted by Crippen LogP contribution is -2.32. The number of non-ortho nitro benzene ring substituents is 1. The molecule has 0 atom stereocenters. The number of nitro benzene ring substituents is 1. The van der Waals surface area contributed by atoms with Crippen LogP contribution in [0.4, 0.5) is 5.69 Å². The molecule has 0 radical (unpaired) electrons. The van der Waals surface area contributed by atoms with E-state index in [0.717, 1.165) is 12.1 Å². The molecule has 1 aromatic rings. The van der Waals surface area contributed by atoms with Crippen LogP contribution in [0, 0.1) is 10.1 Å². The Kier molecular flexibility index (Phi) is 8.51. The highest BCUT2D eigenvalue weighted by molar-refractivity contribution is 5.85. The monoisotopic (exact) mass is 301 g/mol. The average molecular weight is 302 g/mol. The number of rotatable bonds is 7. The third kappa shape index (κ3) is 5.99. The summed E-state index contributed by atoms with van der Waals surface area (Å²) < 4.78 is 0. The highest BCUT2D eigenvalue weighted by Crippen LogP contribution is 2.14. The van der Waals surface area contributed by atoms with Crippen LogP contribution < -0.4 is 5.32 Å². The Balaban J connectivity index is 0.00000361. The summed E-state index contributed by atoms with van der Waals surface area (Å²) in [5.74, 6) is 0.0433. The number of nitro groups is 1. The number of aryl methyl sites for hydroxylation is 1. The second kappa shape index (κ2) is 9.28. The number of hydrogen-bond donors (Lipinski definition) is 1. The molecular weight excluding hydrogens is 282 g/mol. The molecule has 1 aromatic carbocycles. The Morgan fingerprint density at radius 1 is 1.45 bits per heavy atom. The van der Waals surface area contributed by atoms with Gasteiger partial charge < -0.3 is 10.2 Å². The van der Waals surface area contributed by atoms with Crippen molar-refractivity contribution in [3.8, 4) is 0 Å². The third-order valence-corrected chi connectivity index (χ3v) is 2.87. The van der Waals surface area contributed by atoms with Gasteiger partial charge in [-0.05, 0) is 19.0 Å². The summed E-state index contributed by atoms with van der Waals surface area (Å²) in [6, 6.07) is 6.40. The second-order valence-corrected chi connectivity index (χ2v) is 4.35. The fourth-order valence-electron chi connectivity index (χ4n) is 1.67. The molecule has 0 aromatic heterocycles. The van der Waals surface area contributed by atoms with E-state index in [4.69, 9.17) is 0 Å². The molecule has 20 heavy (non-hydrogen) atoms. The number of nitrogens with one attached hydrogen (secondary N) is 1. The molecule has 0 heterocycles. The summed E-state index contributed by atoms with van der Waals surface area (Å²) in [7, 11) is 3.59. The van der Waals surface area contributed by atoms with Gasteiger partial charge in [-0.25, -0.2) is 0 Å². The van der Waals surface area contributed by atoms with Gasteiger partial charge in [-0.2, -0.15) is 0 Å². The molecule has 0 unspecified atom stereocenters. The molecule has 1 amide bonds. The number of halogens is 1. The number of carbonyl (C=O) groups excluding carboxylic acids is 1. The van der Waals surface area contributed by atoms with Crippen LogP contribution in [0.2, 0.25) is 0 Å². The maximum absolute atomic E-state index is 11.8. The van der Waals surface area contributed by atoms with E-state index in [-0.39, 0.29) is 24.0 Å². The van der Waals surface area contributed by atoms with E-state index < -0.39 is 4.92 Å². The molecule has 0 aliphatic heterocycles. The molecule has 6 nitrogen and oxygen atoms in total. The number of carbonyl (C=O) groups is 1. The quantitative estimate of drug-likeness (QED) is 0.613. The lowest BCUT2D eigenvalue weighted by atomic mass is 10.1. The molecule has 0 fully saturated rings. The van der Waals surface area contributed by atoms with Crippen molar-refractivity contribution in [3.05, 3.63) is 39.9 Å². The van der Waals surface area contributed by atoms with E-state index in [0.29, 0.717) is 19.4 Å². The van der Waals surface area contributed by atoms with Crippen LogP contribution >= 0.6 is 12.4 Å². The number of hydrogen-bond acceptors (Lipinski definition) is 4. The van der Waals surface area contributed by atoms with Crippen molar-refractivity contribution in [2.24, 2.45) is 0 Å². The Bertz CT molecular complexity index is 454. The highest BCUT2D eigenvalue weighted by atomic mass is 35.5. The summed E-state index contributed by atoms with van der Waals surface area (Å²) in [6.45, 7) is 1.41. The number of likely N-dealkylation sites (N-methyl/N-ethyl adjacent to an activating group) is 2. The number of benzene rings is 1. The Hall–Kier alpha value is -1.66. The summed E-state index contributed by atoms with van der Waals surface area (Å²) in [5.41, 5.74) is 0.873. The van der Waals surface area contributed by atoms with Gasteiger partial charge in [0.15, 0.2) is 0 Å². The second-order valence-electron chi connectivity index (χ2n) is 4.35. The molecular formula is C13H20ClN3O3. The zero-order chi connectivity index (χ0) is 14.3. The van der Waals surface area contributed by atoms with Crippen LogP contribution in [0.15, 0.2) is 24.3 Å². The minimum absolute atomic E-state index is 0. The predicted molar refractivity (Wildman–Crippen MR) is 80.2 cm³/mol. The molecule has 112 valence electrons. The summed E-state index contributed by atoms with van der Waals surface area (Å²) in [6.07, 6.45) is 0.881. The zero-order valence-electron chi connectivity index (χ0n) is 11.7. The normalized spacial score (nSPS) is 9.70. The molecule has 0 aliphatic rings. The minimum Gasteiger partial charge on any atom is -0.344 e. The Morgan fingerprint density at radius 2 is 2.15 bits per heavy atom. The first-order valence-corrected chi connectivity index (χ1v) is 6.16. The fourth-order valence-corrected chi connectivity index (χ4v) is 1.67. The van der Waals surface area contributed by atoms with E-state index in [1.807, 2.05) is 7.05 Å². The van der Waals surface area contributed by atoms with E-state index >= 15 is 0 Å². The molecule has 7 heteroatoms. The molecule has 0 aliphatic carbocycles. The van der Waals surface area contributed by atoms with E-state index in [1.165, 1.54) is 12.1 Å². The van der Waals surface area contributed by atoms with Crippen LogP contribution in [0.5, 0.6) is 0 Å². The summed E-state index contributed by atoms with van der Waals surface area (Å²) in [5, 5.41) is 13.6. The maximum atomic E-state index is 11.8. The molecule has 1 rings (SSSR count). The van der Waals surface area contributed by atoms with Crippen molar-refractivity contribution in [2.75, 3.05) is 27.2 Å². The lowest BCUT2D eigenvalue weighted by molar-refractivity contribution is -0.384. The first kappa shape index (κ1) is 18.3. The third-order valence-electron chi connectivity index (χ3n) is 2.87. The van der Waals surface area contributed by atoms with Crippen LogP contribution in [-0.4, -0.2) is 42.9 Å². The van der Waals surface area contributed by atoms with E-state index in [1.54, 1.807) is 24.1 Å². The molecule has 0 spiro atoms. The van der Waals surface area contributed by atoms with Gasteiger partial charge in [0.2, 0.25) is 5.91 Å². The van der Waals surface area contributed by atoms with Crippen molar-refractivity contribution >= 4 is 24.0 Å². The zero-order valence-corrected chi connectivity index (χ0v) is 12.5. The van der Waals surface area contributed by atoms with Gasteiger partial charge in [-0.1, -0.05) is 12.1 Å². The van der Waals surface area contributed by atoms with Crippen molar-refractivity contribution in [2.45, 2.75) is 12.8 Å². The first-order valence-electron chi connectivity index (χ1n) is 6.16. The van der Waals surface area contributed by atoms with E-state index in [2.05, 4.69) is 5.32 Å². The standard InChI is InChI=1S/C13H19N3O3.ClH/c1-14-8-9-15(2)13(17)7-6-11-4-3-5-12(10-11)16(18)19;/h3-5,10,14H,6-9H2,1-2H3;1H. The SMILES string of the molecule is CNCCN(C)C(=O)CCc1cccc([N+](=O)[O-])c1.Cl.